The summed E-state index contributed by atoms with van der Waals surface area (Å²) in [5.41, 5.74) is 0. The Bertz CT molecular complexity index is 552. The average Bonchev–Trinajstić information content (AvgIpc) is 3.09. The maximum absolute atomic E-state index is 12.2. The molecular weight excluding hydrogens is 314 g/mol. The van der Waals surface area contributed by atoms with Gasteiger partial charge < -0.3 is 4.90 Å². The molecule has 0 radical (unpaired) electrons. The van der Waals surface area contributed by atoms with Crippen molar-refractivity contribution < 1.29 is 19.2 Å². The summed E-state index contributed by atoms with van der Waals surface area (Å²) in [7, 11) is 0. The van der Waals surface area contributed by atoms with Crippen molar-refractivity contribution in [3.05, 3.63) is 0 Å². The molecule has 0 aromatic rings. The molecule has 0 spiro atoms. The summed E-state index contributed by atoms with van der Waals surface area (Å²) in [5.74, 6) is -1.77. The quantitative estimate of drug-likeness (QED) is 0.654. The van der Waals surface area contributed by atoms with Crippen LogP contribution in [0.1, 0.15) is 19.8 Å². The Kier molecular flexibility index (Phi) is 4.81. The van der Waals surface area contributed by atoms with Crippen molar-refractivity contribution in [1.82, 2.24) is 25.1 Å². The van der Waals surface area contributed by atoms with E-state index in [1.807, 2.05) is 9.80 Å². The highest BCUT2D eigenvalue weighted by atomic mass is 16.2. The molecule has 1 atom stereocenters. The zero-order valence-corrected chi connectivity index (χ0v) is 13.9. The summed E-state index contributed by atoms with van der Waals surface area (Å²) in [5, 5.41) is 4.88. The van der Waals surface area contributed by atoms with Crippen molar-refractivity contribution in [3.63, 3.8) is 0 Å². The highest BCUT2D eigenvalue weighted by Gasteiger charge is 2.41. The van der Waals surface area contributed by atoms with Crippen LogP contribution in [0, 0.1) is 5.92 Å². The first-order chi connectivity index (χ1) is 11.5. The van der Waals surface area contributed by atoms with Gasteiger partial charge in [0, 0.05) is 39.3 Å². The van der Waals surface area contributed by atoms with Crippen LogP contribution in [-0.2, 0) is 14.4 Å². The van der Waals surface area contributed by atoms with Gasteiger partial charge in [-0.15, -0.1) is 0 Å². The van der Waals surface area contributed by atoms with Crippen molar-refractivity contribution in [1.29, 1.82) is 0 Å². The molecule has 9 nitrogen and oxygen atoms in total. The van der Waals surface area contributed by atoms with Gasteiger partial charge in [-0.25, -0.2) is 9.80 Å². The molecule has 3 aliphatic heterocycles. The summed E-state index contributed by atoms with van der Waals surface area (Å²) < 4.78 is 0. The minimum absolute atomic E-state index is 0.145. The largest absolute Gasteiger partial charge is 0.345 e. The molecule has 0 aromatic heterocycles. The molecule has 1 N–H and O–H groups in total. The van der Waals surface area contributed by atoms with Gasteiger partial charge in [0.1, 0.15) is 5.92 Å². The minimum Gasteiger partial charge on any atom is -0.342 e. The Morgan fingerprint density at radius 1 is 1.04 bits per heavy atom. The van der Waals surface area contributed by atoms with E-state index < -0.39 is 23.8 Å². The SMILES string of the molecule is CC1C(=O)NC(=O)N(N2CCN(CC(=O)N3CCCC3)CC2)C1=O. The number of hydrogen-bond donors (Lipinski definition) is 1. The van der Waals surface area contributed by atoms with Gasteiger partial charge in [-0.1, -0.05) is 0 Å². The lowest BCUT2D eigenvalue weighted by molar-refractivity contribution is -0.156. The number of carbonyl (C=O) groups is 4. The lowest BCUT2D eigenvalue weighted by Crippen LogP contribution is -2.65. The maximum Gasteiger partial charge on any atom is 0.345 e. The molecule has 0 aromatic carbocycles. The van der Waals surface area contributed by atoms with E-state index >= 15 is 0 Å². The summed E-state index contributed by atoms with van der Waals surface area (Å²) >= 11 is 0. The van der Waals surface area contributed by atoms with Gasteiger partial charge in [-0.05, 0) is 19.8 Å². The number of carbonyl (C=O) groups excluding carboxylic acids is 4. The van der Waals surface area contributed by atoms with Crippen molar-refractivity contribution in [2.45, 2.75) is 19.8 Å². The van der Waals surface area contributed by atoms with Crippen LogP contribution >= 0.6 is 0 Å². The minimum atomic E-state index is -0.863. The van der Waals surface area contributed by atoms with Gasteiger partial charge in [0.2, 0.25) is 11.8 Å². The van der Waals surface area contributed by atoms with Crippen LogP contribution < -0.4 is 5.32 Å². The fraction of sp³-hybridized carbons (Fsp3) is 0.733. The molecule has 0 bridgehead atoms. The molecule has 9 heteroatoms. The molecule has 3 heterocycles. The number of amides is 5. The predicted octanol–water partition coefficient (Wildman–Crippen LogP) is -1.14. The van der Waals surface area contributed by atoms with E-state index in [1.165, 1.54) is 6.92 Å². The molecule has 3 fully saturated rings. The molecule has 24 heavy (non-hydrogen) atoms. The fourth-order valence-corrected chi connectivity index (χ4v) is 3.28. The fourth-order valence-electron chi connectivity index (χ4n) is 3.28. The van der Waals surface area contributed by atoms with Gasteiger partial charge in [-0.2, -0.15) is 5.01 Å². The number of imide groups is 2. The van der Waals surface area contributed by atoms with Crippen LogP contribution in [-0.4, -0.2) is 89.4 Å². The van der Waals surface area contributed by atoms with Crippen LogP contribution in [0.15, 0.2) is 0 Å². The Balaban J connectivity index is 1.53. The second kappa shape index (κ2) is 6.86. The number of urea groups is 1. The standard InChI is InChI=1S/C15H23N5O4/c1-11-13(22)16-15(24)20(14(11)23)19-8-6-17(7-9-19)10-12(21)18-4-2-3-5-18/h11H,2-10H2,1H3,(H,16,22,24). The van der Waals surface area contributed by atoms with Gasteiger partial charge in [0.15, 0.2) is 0 Å². The van der Waals surface area contributed by atoms with E-state index in [0.717, 1.165) is 30.9 Å². The molecule has 0 aliphatic carbocycles. The molecule has 3 aliphatic rings. The van der Waals surface area contributed by atoms with Crippen molar-refractivity contribution in [2.24, 2.45) is 5.92 Å². The average molecular weight is 337 g/mol. The van der Waals surface area contributed by atoms with Crippen LogP contribution in [0.3, 0.4) is 0 Å². The van der Waals surface area contributed by atoms with E-state index in [-0.39, 0.29) is 5.91 Å². The normalized spacial score (nSPS) is 26.9. The van der Waals surface area contributed by atoms with E-state index in [1.54, 1.807) is 5.01 Å². The summed E-state index contributed by atoms with van der Waals surface area (Å²) in [6.45, 7) is 5.67. The zero-order valence-electron chi connectivity index (χ0n) is 13.9. The van der Waals surface area contributed by atoms with Gasteiger partial charge in [0.25, 0.3) is 5.91 Å². The predicted molar refractivity (Wildman–Crippen MR) is 83.4 cm³/mol. The summed E-state index contributed by atoms with van der Waals surface area (Å²) in [4.78, 5) is 51.8. The lowest BCUT2D eigenvalue weighted by atomic mass is 10.1. The van der Waals surface area contributed by atoms with Crippen LogP contribution in [0.2, 0.25) is 0 Å². The first-order valence-corrected chi connectivity index (χ1v) is 8.41. The Labute approximate surface area is 140 Å². The number of hydrogen-bond acceptors (Lipinski definition) is 6. The molecule has 132 valence electrons. The summed E-state index contributed by atoms with van der Waals surface area (Å²) in [6, 6.07) is -0.690. The Morgan fingerprint density at radius 3 is 2.29 bits per heavy atom. The number of nitrogens with zero attached hydrogens (tertiary/aromatic N) is 4. The third kappa shape index (κ3) is 3.27. The van der Waals surface area contributed by atoms with Crippen LogP contribution in [0.25, 0.3) is 0 Å². The maximum atomic E-state index is 12.2. The molecule has 3 saturated heterocycles. The monoisotopic (exact) mass is 337 g/mol. The third-order valence-electron chi connectivity index (χ3n) is 4.84. The van der Waals surface area contributed by atoms with Crippen LogP contribution in [0.4, 0.5) is 4.79 Å². The lowest BCUT2D eigenvalue weighted by Gasteiger charge is -2.41. The second-order valence-electron chi connectivity index (χ2n) is 6.48. The Morgan fingerprint density at radius 2 is 1.67 bits per heavy atom. The van der Waals surface area contributed by atoms with E-state index in [0.29, 0.717) is 32.7 Å². The van der Waals surface area contributed by atoms with E-state index in [4.69, 9.17) is 0 Å². The first kappa shape index (κ1) is 16.8. The van der Waals surface area contributed by atoms with Crippen molar-refractivity contribution in [2.75, 3.05) is 45.8 Å². The summed E-state index contributed by atoms with van der Waals surface area (Å²) in [6.07, 6.45) is 2.14. The number of rotatable bonds is 3. The van der Waals surface area contributed by atoms with Gasteiger partial charge in [0.05, 0.1) is 6.54 Å². The highest BCUT2D eigenvalue weighted by Crippen LogP contribution is 2.15. The topological polar surface area (TPSA) is 93.3 Å². The number of likely N-dealkylation sites (tertiary alicyclic amines) is 1. The second-order valence-corrected chi connectivity index (χ2v) is 6.48. The molecule has 0 saturated carbocycles. The third-order valence-corrected chi connectivity index (χ3v) is 4.84. The van der Waals surface area contributed by atoms with Crippen molar-refractivity contribution in [3.8, 4) is 0 Å². The van der Waals surface area contributed by atoms with Crippen molar-refractivity contribution >= 4 is 23.8 Å². The Hall–Kier alpha value is -2.00. The number of piperazine rings is 1. The smallest absolute Gasteiger partial charge is 0.342 e. The molecule has 1 unspecified atom stereocenters. The highest BCUT2D eigenvalue weighted by molar-refractivity contribution is 6.15. The molecular formula is C15H23N5O4. The zero-order chi connectivity index (χ0) is 17.3. The molecule has 3 rings (SSSR count). The van der Waals surface area contributed by atoms with Crippen LogP contribution in [0.5, 0.6) is 0 Å². The van der Waals surface area contributed by atoms with E-state index in [9.17, 15) is 19.2 Å². The van der Waals surface area contributed by atoms with Gasteiger partial charge in [-0.3, -0.25) is 24.6 Å². The molecule has 5 amide bonds. The first-order valence-electron chi connectivity index (χ1n) is 8.41. The van der Waals surface area contributed by atoms with Gasteiger partial charge >= 0.3 is 6.03 Å². The number of nitrogens with one attached hydrogen (secondary N) is 1. The number of hydrazine groups is 1. The number of barbiturate groups is 1. The van der Waals surface area contributed by atoms with E-state index in [2.05, 4.69) is 5.32 Å².